The summed E-state index contributed by atoms with van der Waals surface area (Å²) in [6.07, 6.45) is 2.15. The summed E-state index contributed by atoms with van der Waals surface area (Å²) < 4.78 is 24.4. The van der Waals surface area contributed by atoms with Crippen LogP contribution < -0.4 is 4.90 Å². The fourth-order valence-electron chi connectivity index (χ4n) is 4.05. The van der Waals surface area contributed by atoms with Gasteiger partial charge in [0.05, 0.1) is 4.90 Å². The highest BCUT2D eigenvalue weighted by Gasteiger charge is 2.24. The van der Waals surface area contributed by atoms with Crippen LogP contribution in [0, 0.1) is 6.92 Å². The Labute approximate surface area is 183 Å². The predicted octanol–water partition coefficient (Wildman–Crippen LogP) is 4.36. The molecule has 0 aromatic heterocycles. The van der Waals surface area contributed by atoms with Gasteiger partial charge in [0.25, 0.3) is 5.91 Å². The number of para-hydroxylation sites is 1. The molecule has 0 radical (unpaired) electrons. The number of carbonyl (C=O) groups excluding carboxylic acids is 1. The molecule has 0 saturated heterocycles. The third-order valence-electron chi connectivity index (χ3n) is 5.70. The van der Waals surface area contributed by atoms with E-state index in [1.165, 1.54) is 23.4 Å². The molecule has 31 heavy (non-hydrogen) atoms. The molecule has 0 N–H and O–H groups in total. The number of hydrogen-bond donors (Lipinski definition) is 0. The van der Waals surface area contributed by atoms with Crippen molar-refractivity contribution in [3.63, 3.8) is 0 Å². The standard InChI is InChI=1S/C25H26N2O3S/c1-18-9-10-20(16-24(18)31(3,29)30)25(28)27(22-7-5-4-6-8-22)23-12-11-19-13-14-26(2)17-21(19)15-23/h4-12,15-16H,13-14,17H2,1-3H3. The average Bonchev–Trinajstić information content (AvgIpc) is 2.74. The van der Waals surface area contributed by atoms with E-state index in [4.69, 9.17) is 0 Å². The summed E-state index contributed by atoms with van der Waals surface area (Å²) in [7, 11) is -1.35. The van der Waals surface area contributed by atoms with E-state index < -0.39 is 9.84 Å². The van der Waals surface area contributed by atoms with E-state index >= 15 is 0 Å². The Morgan fingerprint density at radius 3 is 2.39 bits per heavy atom. The van der Waals surface area contributed by atoms with Crippen LogP contribution in [0.5, 0.6) is 0 Å². The van der Waals surface area contributed by atoms with E-state index in [1.54, 1.807) is 24.0 Å². The van der Waals surface area contributed by atoms with Gasteiger partial charge in [-0.15, -0.1) is 0 Å². The first-order valence-corrected chi connectivity index (χ1v) is 12.1. The molecule has 1 heterocycles. The van der Waals surface area contributed by atoms with Gasteiger partial charge in [-0.05, 0) is 73.5 Å². The Bertz CT molecular complexity index is 1240. The summed E-state index contributed by atoms with van der Waals surface area (Å²) in [6.45, 7) is 3.59. The van der Waals surface area contributed by atoms with Gasteiger partial charge in [0, 0.05) is 36.3 Å². The van der Waals surface area contributed by atoms with Crippen molar-refractivity contribution >= 4 is 27.1 Å². The summed E-state index contributed by atoms with van der Waals surface area (Å²) in [5.41, 5.74) is 4.98. The second-order valence-electron chi connectivity index (χ2n) is 8.17. The second kappa shape index (κ2) is 8.29. The van der Waals surface area contributed by atoms with Crippen LogP contribution in [0.4, 0.5) is 11.4 Å². The van der Waals surface area contributed by atoms with Gasteiger partial charge in [-0.2, -0.15) is 0 Å². The first kappa shape index (κ1) is 21.3. The maximum atomic E-state index is 13.7. The van der Waals surface area contributed by atoms with E-state index in [9.17, 15) is 13.2 Å². The lowest BCUT2D eigenvalue weighted by molar-refractivity contribution is 0.0999. The predicted molar refractivity (Wildman–Crippen MR) is 124 cm³/mol. The van der Waals surface area contributed by atoms with Crippen LogP contribution in [-0.2, 0) is 22.8 Å². The maximum Gasteiger partial charge on any atom is 0.262 e. The highest BCUT2D eigenvalue weighted by atomic mass is 32.2. The van der Waals surface area contributed by atoms with Crippen molar-refractivity contribution in [2.75, 3.05) is 24.7 Å². The molecule has 1 amide bonds. The number of hydrogen-bond acceptors (Lipinski definition) is 4. The molecule has 4 rings (SSSR count). The topological polar surface area (TPSA) is 57.7 Å². The van der Waals surface area contributed by atoms with Crippen molar-refractivity contribution in [3.05, 3.63) is 89.0 Å². The summed E-state index contributed by atoms with van der Waals surface area (Å²) in [5.74, 6) is -0.264. The Morgan fingerprint density at radius 2 is 1.68 bits per heavy atom. The summed E-state index contributed by atoms with van der Waals surface area (Å²) in [5, 5.41) is 0. The highest BCUT2D eigenvalue weighted by molar-refractivity contribution is 7.90. The minimum absolute atomic E-state index is 0.179. The van der Waals surface area contributed by atoms with Crippen molar-refractivity contribution < 1.29 is 13.2 Å². The molecule has 0 fully saturated rings. The molecule has 5 nitrogen and oxygen atoms in total. The highest BCUT2D eigenvalue weighted by Crippen LogP contribution is 2.31. The zero-order valence-electron chi connectivity index (χ0n) is 18.0. The number of amides is 1. The number of fused-ring (bicyclic) bond motifs is 1. The molecule has 0 unspecified atom stereocenters. The van der Waals surface area contributed by atoms with Crippen LogP contribution in [0.1, 0.15) is 27.0 Å². The van der Waals surface area contributed by atoms with Gasteiger partial charge in [0.2, 0.25) is 0 Å². The Hall–Kier alpha value is -2.96. The Kier molecular flexibility index (Phi) is 5.69. The smallest absolute Gasteiger partial charge is 0.262 e. The number of benzene rings is 3. The summed E-state index contributed by atoms with van der Waals surface area (Å²) in [4.78, 5) is 17.8. The van der Waals surface area contributed by atoms with Crippen LogP contribution in [-0.4, -0.2) is 39.1 Å². The van der Waals surface area contributed by atoms with E-state index in [0.29, 0.717) is 11.1 Å². The number of rotatable bonds is 4. The second-order valence-corrected chi connectivity index (χ2v) is 10.2. The van der Waals surface area contributed by atoms with Gasteiger partial charge in [0.1, 0.15) is 0 Å². The van der Waals surface area contributed by atoms with Crippen molar-refractivity contribution in [2.24, 2.45) is 0 Å². The van der Waals surface area contributed by atoms with Crippen LogP contribution >= 0.6 is 0 Å². The van der Waals surface area contributed by atoms with Crippen LogP contribution in [0.3, 0.4) is 0 Å². The molecule has 0 atom stereocenters. The van der Waals surface area contributed by atoms with Gasteiger partial charge in [-0.25, -0.2) is 8.42 Å². The minimum Gasteiger partial charge on any atom is -0.302 e. The molecule has 3 aromatic rings. The van der Waals surface area contributed by atoms with Gasteiger partial charge >= 0.3 is 0 Å². The summed E-state index contributed by atoms with van der Waals surface area (Å²) >= 11 is 0. The minimum atomic E-state index is -3.44. The van der Waals surface area contributed by atoms with E-state index in [0.717, 1.165) is 30.9 Å². The molecular weight excluding hydrogens is 408 g/mol. The number of carbonyl (C=O) groups is 1. The normalized spacial score (nSPS) is 14.2. The van der Waals surface area contributed by atoms with Gasteiger partial charge in [-0.3, -0.25) is 9.69 Å². The SMILES string of the molecule is Cc1ccc(C(=O)N(c2ccccc2)c2ccc3c(c2)CN(C)CC3)cc1S(C)(=O)=O. The molecule has 6 heteroatoms. The zero-order chi connectivity index (χ0) is 22.2. The maximum absolute atomic E-state index is 13.7. The fraction of sp³-hybridized carbons (Fsp3) is 0.240. The van der Waals surface area contributed by atoms with Gasteiger partial charge in [0.15, 0.2) is 9.84 Å². The van der Waals surface area contributed by atoms with E-state index in [1.807, 2.05) is 36.4 Å². The lowest BCUT2D eigenvalue weighted by atomic mass is 9.98. The number of sulfone groups is 1. The summed E-state index contributed by atoms with van der Waals surface area (Å²) in [6, 6.07) is 20.4. The number of anilines is 2. The first-order chi connectivity index (χ1) is 14.7. The monoisotopic (exact) mass is 434 g/mol. The van der Waals surface area contributed by atoms with Gasteiger partial charge in [-0.1, -0.05) is 30.3 Å². The molecule has 1 aliphatic heterocycles. The molecular formula is C25H26N2O3S. The molecule has 0 spiro atoms. The third-order valence-corrected chi connectivity index (χ3v) is 6.94. The van der Waals surface area contributed by atoms with Crippen LogP contribution in [0.15, 0.2) is 71.6 Å². The Balaban J connectivity index is 1.82. The molecule has 0 aliphatic carbocycles. The molecule has 1 aliphatic rings. The number of aryl methyl sites for hydroxylation is 1. The quantitative estimate of drug-likeness (QED) is 0.612. The van der Waals surface area contributed by atoms with Gasteiger partial charge < -0.3 is 4.90 Å². The van der Waals surface area contributed by atoms with E-state index in [2.05, 4.69) is 24.1 Å². The molecule has 0 bridgehead atoms. The van der Waals surface area contributed by atoms with Crippen LogP contribution in [0.25, 0.3) is 0 Å². The number of likely N-dealkylation sites (N-methyl/N-ethyl adjacent to an activating group) is 1. The lowest BCUT2D eigenvalue weighted by Crippen LogP contribution is -2.29. The molecule has 160 valence electrons. The van der Waals surface area contributed by atoms with Crippen LogP contribution in [0.2, 0.25) is 0 Å². The largest absolute Gasteiger partial charge is 0.302 e. The molecule has 3 aromatic carbocycles. The Morgan fingerprint density at radius 1 is 0.935 bits per heavy atom. The molecule has 0 saturated carbocycles. The van der Waals surface area contributed by atoms with Crippen molar-refractivity contribution in [1.29, 1.82) is 0 Å². The van der Waals surface area contributed by atoms with E-state index in [-0.39, 0.29) is 10.8 Å². The van der Waals surface area contributed by atoms with Crippen molar-refractivity contribution in [3.8, 4) is 0 Å². The fourth-order valence-corrected chi connectivity index (χ4v) is 5.04. The first-order valence-electron chi connectivity index (χ1n) is 10.2. The average molecular weight is 435 g/mol. The number of nitrogens with zero attached hydrogens (tertiary/aromatic N) is 2. The van der Waals surface area contributed by atoms with Crippen molar-refractivity contribution in [1.82, 2.24) is 4.90 Å². The lowest BCUT2D eigenvalue weighted by Gasteiger charge is -2.28. The zero-order valence-corrected chi connectivity index (χ0v) is 18.8. The van der Waals surface area contributed by atoms with Crippen molar-refractivity contribution in [2.45, 2.75) is 24.8 Å². The third kappa shape index (κ3) is 4.40.